The van der Waals surface area contributed by atoms with Gasteiger partial charge in [-0.15, -0.1) is 0 Å². The molecule has 4 atom stereocenters. The monoisotopic (exact) mass is 553 g/mol. The standard InChI is InChI=1S/C28H24ClNO9/c1-33-21-6-13(7-22(34-2)26(21)35-3)23-15-9-19-20(38-12-37-19)10-16(15)25(17-11-36-28(32)24(17)23)39-27(31)18-8-14(29)4-5-30-18/h4-10,17,23-25H,11-12H2,1-3H3/t17-,23+,24-,25-/m0/s1. The molecule has 10 nitrogen and oxygen atoms in total. The lowest BCUT2D eigenvalue weighted by Crippen LogP contribution is -2.36. The van der Waals surface area contributed by atoms with E-state index in [1.54, 1.807) is 12.1 Å². The SMILES string of the molecule is COc1cc([C@@H]2c3cc4c(cc3[C@H](OC(=O)c3cc(Cl)ccn3)[C@H]3COC(=O)[C@H]23)OCO4)cc(OC)c1OC. The van der Waals surface area contributed by atoms with Gasteiger partial charge in [0.25, 0.3) is 0 Å². The Morgan fingerprint density at radius 3 is 2.28 bits per heavy atom. The van der Waals surface area contributed by atoms with Crippen LogP contribution < -0.4 is 23.7 Å². The zero-order valence-electron chi connectivity index (χ0n) is 21.3. The summed E-state index contributed by atoms with van der Waals surface area (Å²) in [5.74, 6) is -0.377. The summed E-state index contributed by atoms with van der Waals surface area (Å²) in [5.41, 5.74) is 2.19. The van der Waals surface area contributed by atoms with E-state index < -0.39 is 35.8 Å². The minimum absolute atomic E-state index is 0.0540. The molecule has 0 bridgehead atoms. The van der Waals surface area contributed by atoms with Gasteiger partial charge >= 0.3 is 11.9 Å². The van der Waals surface area contributed by atoms with E-state index in [2.05, 4.69) is 4.98 Å². The highest BCUT2D eigenvalue weighted by Gasteiger charge is 2.54. The Morgan fingerprint density at radius 1 is 0.949 bits per heavy atom. The average Bonchev–Trinajstić information content (AvgIpc) is 3.57. The van der Waals surface area contributed by atoms with Gasteiger partial charge in [0.1, 0.15) is 11.8 Å². The number of carbonyl (C=O) groups excluding carboxylic acids is 2. The van der Waals surface area contributed by atoms with Crippen LogP contribution in [-0.2, 0) is 14.3 Å². The number of ether oxygens (including phenoxy) is 7. The molecule has 202 valence electrons. The van der Waals surface area contributed by atoms with Crippen LogP contribution >= 0.6 is 11.6 Å². The summed E-state index contributed by atoms with van der Waals surface area (Å²) >= 11 is 6.07. The van der Waals surface area contributed by atoms with Crippen molar-refractivity contribution in [1.82, 2.24) is 4.98 Å². The molecule has 6 rings (SSSR count). The van der Waals surface area contributed by atoms with Crippen molar-refractivity contribution in [3.8, 4) is 28.7 Å². The van der Waals surface area contributed by atoms with Gasteiger partial charge in [-0.2, -0.15) is 0 Å². The molecule has 2 aromatic carbocycles. The molecule has 2 aliphatic heterocycles. The number of fused-ring (bicyclic) bond motifs is 3. The van der Waals surface area contributed by atoms with Gasteiger partial charge in [0.15, 0.2) is 23.0 Å². The average molecular weight is 554 g/mol. The van der Waals surface area contributed by atoms with Crippen molar-refractivity contribution in [1.29, 1.82) is 0 Å². The quantitative estimate of drug-likeness (QED) is 0.409. The molecule has 0 N–H and O–H groups in total. The van der Waals surface area contributed by atoms with E-state index in [9.17, 15) is 9.59 Å². The molecule has 0 radical (unpaired) electrons. The Bertz CT molecular complexity index is 1450. The summed E-state index contributed by atoms with van der Waals surface area (Å²) in [6.07, 6.45) is 0.606. The lowest BCUT2D eigenvalue weighted by atomic mass is 9.66. The van der Waals surface area contributed by atoms with Gasteiger partial charge in [0.05, 0.1) is 33.9 Å². The van der Waals surface area contributed by atoms with Gasteiger partial charge in [0.2, 0.25) is 12.5 Å². The number of carbonyl (C=O) groups is 2. The van der Waals surface area contributed by atoms with E-state index in [1.165, 1.54) is 33.6 Å². The third-order valence-corrected chi connectivity index (χ3v) is 7.57. The third-order valence-electron chi connectivity index (χ3n) is 7.33. The second-order valence-corrected chi connectivity index (χ2v) is 9.71. The molecule has 11 heteroatoms. The number of esters is 2. The third kappa shape index (κ3) is 4.15. The Labute approximate surface area is 228 Å². The van der Waals surface area contributed by atoms with Crippen molar-refractivity contribution in [3.05, 3.63) is 70.0 Å². The maximum absolute atomic E-state index is 13.3. The summed E-state index contributed by atoms with van der Waals surface area (Å²) in [5, 5.41) is 0.351. The molecule has 0 unspecified atom stereocenters. The molecule has 1 fully saturated rings. The highest BCUT2D eigenvalue weighted by Crippen LogP contribution is 2.56. The number of hydrogen-bond acceptors (Lipinski definition) is 10. The summed E-state index contributed by atoms with van der Waals surface area (Å²) < 4.78 is 39.6. The predicted octanol–water partition coefficient (Wildman–Crippen LogP) is 4.32. The lowest BCUT2D eigenvalue weighted by molar-refractivity contribution is -0.141. The molecule has 39 heavy (non-hydrogen) atoms. The van der Waals surface area contributed by atoms with Crippen LogP contribution in [0.3, 0.4) is 0 Å². The first kappa shape index (κ1) is 25.1. The van der Waals surface area contributed by atoms with E-state index in [-0.39, 0.29) is 19.1 Å². The van der Waals surface area contributed by atoms with Crippen molar-refractivity contribution in [2.75, 3.05) is 34.7 Å². The van der Waals surface area contributed by atoms with Crippen LogP contribution in [0.4, 0.5) is 0 Å². The predicted molar refractivity (Wildman–Crippen MR) is 136 cm³/mol. The van der Waals surface area contributed by atoms with Crippen LogP contribution in [0.25, 0.3) is 0 Å². The number of aromatic nitrogens is 1. The Balaban J connectivity index is 1.52. The largest absolute Gasteiger partial charge is 0.493 e. The fraction of sp³-hybridized carbons (Fsp3) is 0.321. The van der Waals surface area contributed by atoms with Crippen molar-refractivity contribution < 1.29 is 42.7 Å². The second kappa shape index (κ2) is 9.85. The molecule has 3 aliphatic rings. The van der Waals surface area contributed by atoms with E-state index >= 15 is 0 Å². The fourth-order valence-corrected chi connectivity index (χ4v) is 5.80. The van der Waals surface area contributed by atoms with Crippen LogP contribution in [0.1, 0.15) is 39.2 Å². The summed E-state index contributed by atoms with van der Waals surface area (Å²) in [6.45, 7) is 0.123. The first-order chi connectivity index (χ1) is 18.9. The van der Waals surface area contributed by atoms with Crippen LogP contribution in [0.5, 0.6) is 28.7 Å². The molecule has 0 spiro atoms. The minimum atomic E-state index is -0.822. The number of pyridine rings is 1. The van der Waals surface area contributed by atoms with Gasteiger partial charge in [-0.05, 0) is 47.5 Å². The van der Waals surface area contributed by atoms with Crippen molar-refractivity contribution in [2.24, 2.45) is 11.8 Å². The zero-order chi connectivity index (χ0) is 27.3. The lowest BCUT2D eigenvalue weighted by Gasteiger charge is -2.38. The van der Waals surface area contributed by atoms with Gasteiger partial charge in [0, 0.05) is 28.6 Å². The van der Waals surface area contributed by atoms with E-state index in [4.69, 9.17) is 44.8 Å². The zero-order valence-corrected chi connectivity index (χ0v) is 22.0. The van der Waals surface area contributed by atoms with Gasteiger partial charge in [-0.3, -0.25) is 4.79 Å². The molecule has 0 saturated carbocycles. The van der Waals surface area contributed by atoms with Gasteiger partial charge in [-0.25, -0.2) is 9.78 Å². The van der Waals surface area contributed by atoms with Crippen molar-refractivity contribution in [2.45, 2.75) is 12.0 Å². The first-order valence-corrected chi connectivity index (χ1v) is 12.5. The molecule has 1 aromatic heterocycles. The van der Waals surface area contributed by atoms with E-state index in [0.717, 1.165) is 11.1 Å². The first-order valence-electron chi connectivity index (χ1n) is 12.2. The van der Waals surface area contributed by atoms with Crippen LogP contribution in [0.15, 0.2) is 42.6 Å². The van der Waals surface area contributed by atoms with Crippen molar-refractivity contribution >= 4 is 23.5 Å². The highest BCUT2D eigenvalue weighted by atomic mass is 35.5. The van der Waals surface area contributed by atoms with Crippen LogP contribution in [0.2, 0.25) is 5.02 Å². The maximum Gasteiger partial charge on any atom is 0.357 e. The number of rotatable bonds is 6. The van der Waals surface area contributed by atoms with Gasteiger partial charge < -0.3 is 33.2 Å². The van der Waals surface area contributed by atoms with Crippen LogP contribution in [-0.4, -0.2) is 51.7 Å². The maximum atomic E-state index is 13.3. The molecule has 3 heterocycles. The number of cyclic esters (lactones) is 1. The molecule has 0 amide bonds. The van der Waals surface area contributed by atoms with Crippen molar-refractivity contribution in [3.63, 3.8) is 0 Å². The number of halogens is 1. The normalized spacial score (nSPS) is 22.4. The highest BCUT2D eigenvalue weighted by molar-refractivity contribution is 6.30. The van der Waals surface area contributed by atoms with Gasteiger partial charge in [-0.1, -0.05) is 11.6 Å². The number of methoxy groups -OCH3 is 3. The topological polar surface area (TPSA) is 112 Å². The summed E-state index contributed by atoms with van der Waals surface area (Å²) in [4.78, 5) is 30.6. The Morgan fingerprint density at radius 2 is 1.64 bits per heavy atom. The number of benzene rings is 2. The molecule has 1 saturated heterocycles. The molecule has 3 aromatic rings. The van der Waals surface area contributed by atoms with E-state index in [1.807, 2.05) is 18.2 Å². The fourth-order valence-electron chi connectivity index (χ4n) is 5.64. The second-order valence-electron chi connectivity index (χ2n) is 9.28. The molecule has 1 aliphatic carbocycles. The number of hydrogen-bond donors (Lipinski definition) is 0. The Hall–Kier alpha value is -4.18. The molecular formula is C28H24ClNO9. The molecular weight excluding hydrogens is 530 g/mol. The minimum Gasteiger partial charge on any atom is -0.493 e. The summed E-state index contributed by atoms with van der Waals surface area (Å²) in [6, 6.07) is 10.2. The summed E-state index contributed by atoms with van der Waals surface area (Å²) in [7, 11) is 4.58. The van der Waals surface area contributed by atoms with E-state index in [0.29, 0.717) is 39.3 Å². The number of nitrogens with zero attached hydrogens (tertiary/aromatic N) is 1. The van der Waals surface area contributed by atoms with Crippen LogP contribution in [0, 0.1) is 11.8 Å². The smallest absolute Gasteiger partial charge is 0.357 e. The Kier molecular flexibility index (Phi) is 6.34.